The minimum atomic E-state index is -0.438. The lowest BCUT2D eigenvalue weighted by atomic mass is 10.4. The minimum Gasteiger partial charge on any atom is -0.464 e. The minimum absolute atomic E-state index is 0.230. The van der Waals surface area contributed by atoms with Gasteiger partial charge < -0.3 is 15.5 Å². The molecule has 0 unspecified atom stereocenters. The van der Waals surface area contributed by atoms with Crippen molar-refractivity contribution in [3.8, 4) is 12.3 Å². The molecule has 0 radical (unpaired) electrons. The van der Waals surface area contributed by atoms with E-state index in [9.17, 15) is 10.1 Å². The van der Waals surface area contributed by atoms with E-state index in [0.29, 0.717) is 18.9 Å². The average molecular weight is 310 g/mol. The van der Waals surface area contributed by atoms with E-state index in [1.807, 2.05) is 12.1 Å². The Bertz CT molecular complexity index is 522. The Morgan fingerprint density at radius 2 is 2.33 bits per heavy atom. The van der Waals surface area contributed by atoms with E-state index in [2.05, 4.69) is 16.2 Å². The monoisotopic (exact) mass is 310 g/mol. The molecule has 21 heavy (non-hydrogen) atoms. The van der Waals surface area contributed by atoms with E-state index in [-0.39, 0.29) is 13.1 Å². The Morgan fingerprint density at radius 3 is 2.95 bits per heavy atom. The van der Waals surface area contributed by atoms with Gasteiger partial charge in [-0.15, -0.1) is 6.42 Å². The lowest BCUT2D eigenvalue weighted by molar-refractivity contribution is -0.463. The third kappa shape index (κ3) is 7.39. The summed E-state index contributed by atoms with van der Waals surface area (Å²) in [5.41, 5.74) is 5.46. The molecule has 0 spiro atoms. The number of nitrogens with two attached hydrogens (primary N) is 1. The van der Waals surface area contributed by atoms with Gasteiger partial charge in [-0.25, -0.2) is 0 Å². The zero-order valence-electron chi connectivity index (χ0n) is 11.6. The zero-order chi connectivity index (χ0) is 15.5. The molecule has 0 aliphatic heterocycles. The molecule has 0 aliphatic rings. The van der Waals surface area contributed by atoms with E-state index in [1.54, 1.807) is 11.8 Å². The van der Waals surface area contributed by atoms with Crippen LogP contribution in [0.25, 0.3) is 0 Å². The number of nitro groups is 1. The van der Waals surface area contributed by atoms with Crippen molar-refractivity contribution in [1.29, 1.82) is 0 Å². The van der Waals surface area contributed by atoms with Crippen LogP contribution in [0.4, 0.5) is 0 Å². The molecule has 1 aromatic heterocycles. The number of hydrogen-bond donors (Lipinski definition) is 2. The molecule has 0 saturated carbocycles. The van der Waals surface area contributed by atoms with Crippen molar-refractivity contribution < 1.29 is 9.34 Å². The Labute approximate surface area is 127 Å². The number of nitrogens with zero attached hydrogens (tertiary/aromatic N) is 2. The van der Waals surface area contributed by atoms with Crippen molar-refractivity contribution in [2.24, 2.45) is 10.7 Å². The molecule has 0 atom stereocenters. The van der Waals surface area contributed by atoms with Gasteiger partial charge in [-0.05, 0) is 12.1 Å². The van der Waals surface area contributed by atoms with Crippen molar-refractivity contribution in [3.63, 3.8) is 0 Å². The lowest BCUT2D eigenvalue weighted by Gasteiger charge is -2.03. The molecule has 114 valence electrons. The van der Waals surface area contributed by atoms with Crippen LogP contribution in [0.2, 0.25) is 0 Å². The maximum Gasteiger partial charge on any atom is 0.259 e. The normalized spacial score (nSPS) is 11.1. The highest BCUT2D eigenvalue weighted by Gasteiger charge is 2.06. The summed E-state index contributed by atoms with van der Waals surface area (Å²) in [5.74, 6) is 5.74. The zero-order valence-corrected chi connectivity index (χ0v) is 12.4. The first-order valence-corrected chi connectivity index (χ1v) is 7.49. The van der Waals surface area contributed by atoms with Crippen LogP contribution in [0.3, 0.4) is 0 Å². The second-order valence-corrected chi connectivity index (χ2v) is 5.11. The lowest BCUT2D eigenvalue weighted by Crippen LogP contribution is -2.31. The van der Waals surface area contributed by atoms with Crippen molar-refractivity contribution in [2.45, 2.75) is 12.3 Å². The smallest absolute Gasteiger partial charge is 0.259 e. The third-order valence-corrected chi connectivity index (χ3v) is 3.33. The predicted molar refractivity (Wildman–Crippen MR) is 83.8 cm³/mol. The summed E-state index contributed by atoms with van der Waals surface area (Å²) >= 11 is 1.64. The van der Waals surface area contributed by atoms with Gasteiger partial charge in [0.25, 0.3) is 6.54 Å². The highest BCUT2D eigenvalue weighted by molar-refractivity contribution is 7.98. The van der Waals surface area contributed by atoms with Crippen LogP contribution in [0.1, 0.15) is 11.5 Å². The first-order valence-electron chi connectivity index (χ1n) is 6.33. The average Bonchev–Trinajstić information content (AvgIpc) is 2.91. The van der Waals surface area contributed by atoms with Crippen LogP contribution in [-0.2, 0) is 12.3 Å². The summed E-state index contributed by atoms with van der Waals surface area (Å²) in [5, 5.41) is 13.2. The number of amidine groups is 1. The van der Waals surface area contributed by atoms with E-state index in [4.69, 9.17) is 16.6 Å². The van der Waals surface area contributed by atoms with Crippen LogP contribution in [0.15, 0.2) is 21.5 Å². The molecule has 0 aromatic carbocycles. The van der Waals surface area contributed by atoms with Crippen molar-refractivity contribution in [2.75, 3.05) is 25.4 Å². The van der Waals surface area contributed by atoms with Gasteiger partial charge in [-0.3, -0.25) is 15.1 Å². The Morgan fingerprint density at radius 1 is 1.57 bits per heavy atom. The third-order valence-electron chi connectivity index (χ3n) is 2.37. The van der Waals surface area contributed by atoms with Crippen molar-refractivity contribution in [3.05, 3.63) is 33.8 Å². The molecule has 0 saturated heterocycles. The highest BCUT2D eigenvalue weighted by atomic mass is 32.2. The predicted octanol–water partition coefficient (Wildman–Crippen LogP) is 0.869. The number of aliphatic imine (C=N–C) groups is 1. The van der Waals surface area contributed by atoms with E-state index >= 15 is 0 Å². The molecule has 3 N–H and O–H groups in total. The van der Waals surface area contributed by atoms with Crippen molar-refractivity contribution in [1.82, 2.24) is 5.32 Å². The molecular weight excluding hydrogens is 292 g/mol. The van der Waals surface area contributed by atoms with Crippen LogP contribution >= 0.6 is 11.8 Å². The molecule has 0 amide bonds. The second kappa shape index (κ2) is 9.85. The summed E-state index contributed by atoms with van der Waals surface area (Å²) in [6, 6.07) is 3.75. The van der Waals surface area contributed by atoms with Gasteiger partial charge in [-0.1, -0.05) is 5.92 Å². The molecule has 0 aliphatic carbocycles. The molecule has 0 bridgehead atoms. The van der Waals surface area contributed by atoms with Gasteiger partial charge in [0.05, 0.1) is 25.4 Å². The van der Waals surface area contributed by atoms with Crippen LogP contribution in [0.5, 0.6) is 0 Å². The molecule has 8 heteroatoms. The molecular formula is C13H18N4O3S. The maximum absolute atomic E-state index is 10.5. The number of rotatable bonds is 9. The number of nitrogens with one attached hydrogen (secondary N) is 1. The Balaban J connectivity index is 2.29. The SMILES string of the molecule is C#CCNC(C[N+](=O)[O-])=NCCSCc1ccc(CN)o1. The maximum atomic E-state index is 10.5. The Hall–Kier alpha value is -1.98. The van der Waals surface area contributed by atoms with E-state index in [0.717, 1.165) is 23.0 Å². The quantitative estimate of drug-likeness (QED) is 0.175. The number of terminal acetylenes is 1. The molecule has 1 heterocycles. The first kappa shape index (κ1) is 17.1. The van der Waals surface area contributed by atoms with E-state index < -0.39 is 4.92 Å². The van der Waals surface area contributed by atoms with Gasteiger partial charge in [0, 0.05) is 10.7 Å². The number of thioether (sulfide) groups is 1. The van der Waals surface area contributed by atoms with Crippen LogP contribution in [0, 0.1) is 22.5 Å². The topological polar surface area (TPSA) is 107 Å². The standard InChI is InChI=1S/C13H18N4O3S/c1-2-5-15-13(9-17(18)19)16-6-7-21-10-12-4-3-11(8-14)20-12/h1,3-4H,5-10,14H2,(H,15,16). The fourth-order valence-electron chi connectivity index (χ4n) is 1.46. The largest absolute Gasteiger partial charge is 0.464 e. The van der Waals surface area contributed by atoms with Crippen molar-refractivity contribution >= 4 is 17.6 Å². The van der Waals surface area contributed by atoms with Gasteiger partial charge in [0.15, 0.2) is 5.84 Å². The van der Waals surface area contributed by atoms with E-state index in [1.165, 1.54) is 0 Å². The van der Waals surface area contributed by atoms with Gasteiger partial charge in [0.2, 0.25) is 0 Å². The number of furan rings is 1. The summed E-state index contributed by atoms with van der Waals surface area (Å²) in [6.07, 6.45) is 5.10. The van der Waals surface area contributed by atoms with Crippen LogP contribution < -0.4 is 11.1 Å². The fourth-order valence-corrected chi connectivity index (χ4v) is 2.19. The molecule has 7 nitrogen and oxygen atoms in total. The van der Waals surface area contributed by atoms with Gasteiger partial charge >= 0.3 is 0 Å². The summed E-state index contributed by atoms with van der Waals surface area (Å²) < 4.78 is 5.46. The molecule has 0 fully saturated rings. The van der Waals surface area contributed by atoms with Gasteiger partial charge in [0.1, 0.15) is 11.5 Å². The summed E-state index contributed by atoms with van der Waals surface area (Å²) in [4.78, 5) is 14.2. The molecule has 1 aromatic rings. The summed E-state index contributed by atoms with van der Waals surface area (Å²) in [6.45, 7) is 0.758. The fraction of sp³-hybridized carbons (Fsp3) is 0.462. The first-order chi connectivity index (χ1) is 10.2. The highest BCUT2D eigenvalue weighted by Crippen LogP contribution is 2.14. The molecule has 1 rings (SSSR count). The Kier molecular flexibility index (Phi) is 8.01. The van der Waals surface area contributed by atoms with Gasteiger partial charge in [-0.2, -0.15) is 11.8 Å². The van der Waals surface area contributed by atoms with Crippen LogP contribution in [-0.4, -0.2) is 36.1 Å². The second-order valence-electron chi connectivity index (χ2n) is 4.00. The number of hydrogen-bond acceptors (Lipinski definition) is 6. The summed E-state index contributed by atoms with van der Waals surface area (Å²) in [7, 11) is 0.